The van der Waals surface area contributed by atoms with Crippen molar-refractivity contribution in [1.82, 2.24) is 4.98 Å². The van der Waals surface area contributed by atoms with Crippen LogP contribution in [0.4, 0.5) is 18.9 Å². The Labute approximate surface area is 146 Å². The van der Waals surface area contributed by atoms with Gasteiger partial charge in [-0.1, -0.05) is 6.07 Å². The number of carbonyl (C=O) groups is 1. The number of benzene rings is 1. The van der Waals surface area contributed by atoms with E-state index in [0.717, 1.165) is 12.1 Å². The number of nitriles is 1. The number of carbonyl (C=O) groups excluding carboxylic acids is 1. The zero-order valence-electron chi connectivity index (χ0n) is 13.4. The highest BCUT2D eigenvalue weighted by Crippen LogP contribution is 2.45. The van der Waals surface area contributed by atoms with Crippen LogP contribution in [0.25, 0.3) is 0 Å². The SMILES string of the molecule is C[C@@H](O)c1c(F)ccc2c1OC(F)(F)C(=O)N2Cc1cccc(C#N)n1. The molecule has 26 heavy (non-hydrogen) atoms. The molecule has 1 aliphatic heterocycles. The third kappa shape index (κ3) is 2.95. The molecule has 1 amide bonds. The van der Waals surface area contributed by atoms with Crippen LogP contribution >= 0.6 is 0 Å². The summed E-state index contributed by atoms with van der Waals surface area (Å²) in [4.78, 5) is 16.8. The lowest BCUT2D eigenvalue weighted by Crippen LogP contribution is -2.50. The fraction of sp³-hybridized carbons (Fsp3) is 0.235. The Hall–Kier alpha value is -3.12. The molecule has 1 atom stereocenters. The van der Waals surface area contributed by atoms with E-state index in [0.29, 0.717) is 4.90 Å². The molecule has 0 saturated carbocycles. The number of halogens is 3. The number of ether oxygens (including phenoxy) is 1. The molecule has 1 aliphatic rings. The van der Waals surface area contributed by atoms with Gasteiger partial charge < -0.3 is 9.84 Å². The number of amides is 1. The van der Waals surface area contributed by atoms with Crippen LogP contribution in [0.3, 0.4) is 0 Å². The second-order valence-electron chi connectivity index (χ2n) is 5.62. The van der Waals surface area contributed by atoms with Crippen LogP contribution in [0.5, 0.6) is 5.75 Å². The molecule has 0 aliphatic carbocycles. The van der Waals surface area contributed by atoms with Gasteiger partial charge in [-0.05, 0) is 31.2 Å². The largest absolute Gasteiger partial charge is 0.483 e. The lowest BCUT2D eigenvalue weighted by Gasteiger charge is -2.34. The Balaban J connectivity index is 2.12. The van der Waals surface area contributed by atoms with E-state index in [-0.39, 0.29) is 23.6 Å². The molecule has 1 aromatic heterocycles. The van der Waals surface area contributed by atoms with Gasteiger partial charge in [0.05, 0.1) is 29.6 Å². The van der Waals surface area contributed by atoms with Crippen molar-refractivity contribution >= 4 is 11.6 Å². The average molecular weight is 363 g/mol. The van der Waals surface area contributed by atoms with E-state index in [1.807, 2.05) is 6.07 Å². The van der Waals surface area contributed by atoms with E-state index in [1.54, 1.807) is 0 Å². The van der Waals surface area contributed by atoms with Gasteiger partial charge in [0.1, 0.15) is 17.6 Å². The summed E-state index contributed by atoms with van der Waals surface area (Å²) in [5, 5.41) is 18.6. The van der Waals surface area contributed by atoms with Crippen molar-refractivity contribution in [3.63, 3.8) is 0 Å². The van der Waals surface area contributed by atoms with Gasteiger partial charge in [0.25, 0.3) is 0 Å². The van der Waals surface area contributed by atoms with Gasteiger partial charge in [0.15, 0.2) is 5.75 Å². The van der Waals surface area contributed by atoms with Crippen LogP contribution in [0.1, 0.15) is 30.0 Å². The Kier molecular flexibility index (Phi) is 4.29. The molecule has 0 spiro atoms. The second kappa shape index (κ2) is 6.31. The predicted octanol–water partition coefficient (Wildman–Crippen LogP) is 2.66. The molecule has 2 aromatic rings. The Morgan fingerprint density at radius 2 is 2.12 bits per heavy atom. The minimum absolute atomic E-state index is 0.0546. The fourth-order valence-electron chi connectivity index (χ4n) is 2.66. The Bertz CT molecular complexity index is 925. The van der Waals surface area contributed by atoms with E-state index in [9.17, 15) is 23.1 Å². The molecule has 6 nitrogen and oxygen atoms in total. The van der Waals surface area contributed by atoms with E-state index in [2.05, 4.69) is 9.72 Å². The van der Waals surface area contributed by atoms with Crippen molar-refractivity contribution < 1.29 is 27.8 Å². The van der Waals surface area contributed by atoms with Crippen molar-refractivity contribution in [3.05, 3.63) is 53.1 Å². The first kappa shape index (κ1) is 17.7. The van der Waals surface area contributed by atoms with Gasteiger partial charge in [-0.2, -0.15) is 14.0 Å². The molecular weight excluding hydrogens is 351 g/mol. The van der Waals surface area contributed by atoms with Crippen molar-refractivity contribution in [2.24, 2.45) is 0 Å². The zero-order chi connectivity index (χ0) is 19.1. The van der Waals surface area contributed by atoms with Crippen LogP contribution in [0.15, 0.2) is 30.3 Å². The number of rotatable bonds is 3. The minimum atomic E-state index is -4.24. The monoisotopic (exact) mass is 363 g/mol. The summed E-state index contributed by atoms with van der Waals surface area (Å²) in [7, 11) is 0. The number of anilines is 1. The Morgan fingerprint density at radius 1 is 1.38 bits per heavy atom. The number of aliphatic hydroxyl groups excluding tert-OH is 1. The minimum Gasteiger partial charge on any atom is -0.422 e. The van der Waals surface area contributed by atoms with Gasteiger partial charge >= 0.3 is 12.0 Å². The molecule has 134 valence electrons. The van der Waals surface area contributed by atoms with Gasteiger partial charge in [-0.25, -0.2) is 9.37 Å². The number of hydrogen-bond donors (Lipinski definition) is 1. The third-order valence-electron chi connectivity index (χ3n) is 3.80. The molecule has 0 fully saturated rings. The standard InChI is InChI=1S/C17H12F3N3O3/c1-9(24)14-12(18)5-6-13-15(14)26-17(19,20)16(25)23(13)8-11-4-2-3-10(7-21)22-11/h2-6,9,24H,8H2,1H3/t9-/m1/s1. The summed E-state index contributed by atoms with van der Waals surface area (Å²) in [5.41, 5.74) is -0.358. The number of pyridine rings is 1. The quantitative estimate of drug-likeness (QED) is 0.906. The first-order valence-electron chi connectivity index (χ1n) is 7.50. The van der Waals surface area contributed by atoms with Crippen LogP contribution in [-0.2, 0) is 11.3 Å². The number of hydrogen-bond acceptors (Lipinski definition) is 5. The molecule has 0 bridgehead atoms. The van der Waals surface area contributed by atoms with Gasteiger partial charge in [-0.15, -0.1) is 0 Å². The molecular formula is C17H12F3N3O3. The summed E-state index contributed by atoms with van der Waals surface area (Å²) >= 11 is 0. The van der Waals surface area contributed by atoms with Gasteiger partial charge in [0.2, 0.25) is 0 Å². The predicted molar refractivity (Wildman–Crippen MR) is 82.8 cm³/mol. The van der Waals surface area contributed by atoms with Crippen LogP contribution in [0.2, 0.25) is 0 Å². The Morgan fingerprint density at radius 3 is 2.77 bits per heavy atom. The highest BCUT2D eigenvalue weighted by atomic mass is 19.3. The summed E-state index contributed by atoms with van der Waals surface area (Å²) in [6.07, 6.45) is -5.67. The first-order valence-corrected chi connectivity index (χ1v) is 7.50. The maximum Gasteiger partial charge on any atom is 0.483 e. The van der Waals surface area contributed by atoms with Crippen molar-refractivity contribution in [1.29, 1.82) is 5.26 Å². The summed E-state index contributed by atoms with van der Waals surface area (Å²) < 4.78 is 46.5. The van der Waals surface area contributed by atoms with Crippen molar-refractivity contribution in [3.8, 4) is 11.8 Å². The van der Waals surface area contributed by atoms with Crippen molar-refractivity contribution in [2.45, 2.75) is 25.7 Å². The highest BCUT2D eigenvalue weighted by Gasteiger charge is 2.51. The molecule has 0 radical (unpaired) electrons. The van der Waals surface area contributed by atoms with E-state index in [4.69, 9.17) is 5.26 Å². The van der Waals surface area contributed by atoms with Crippen molar-refractivity contribution in [2.75, 3.05) is 4.90 Å². The molecule has 0 saturated heterocycles. The number of alkyl halides is 2. The maximum atomic E-state index is 14.1. The molecule has 9 heteroatoms. The van der Waals surface area contributed by atoms with Crippen LogP contribution in [0, 0.1) is 17.1 Å². The number of aliphatic hydroxyl groups is 1. The van der Waals surface area contributed by atoms with E-state index < -0.39 is 35.2 Å². The molecule has 2 heterocycles. The van der Waals surface area contributed by atoms with E-state index in [1.165, 1.54) is 25.1 Å². The van der Waals surface area contributed by atoms with E-state index >= 15 is 0 Å². The summed E-state index contributed by atoms with van der Waals surface area (Å²) in [5.74, 6) is -3.20. The van der Waals surface area contributed by atoms with Crippen LogP contribution < -0.4 is 9.64 Å². The maximum absolute atomic E-state index is 14.1. The fourth-order valence-corrected chi connectivity index (χ4v) is 2.66. The summed E-state index contributed by atoms with van der Waals surface area (Å²) in [6.45, 7) is 0.810. The molecule has 1 aromatic carbocycles. The van der Waals surface area contributed by atoms with Gasteiger partial charge in [-0.3, -0.25) is 9.69 Å². The summed E-state index contributed by atoms with van der Waals surface area (Å²) in [6, 6.07) is 8.25. The normalized spacial score (nSPS) is 16.5. The lowest BCUT2D eigenvalue weighted by atomic mass is 10.0. The zero-order valence-corrected chi connectivity index (χ0v) is 13.4. The topological polar surface area (TPSA) is 86.5 Å². The second-order valence-corrected chi connectivity index (χ2v) is 5.62. The molecule has 1 N–H and O–H groups in total. The highest BCUT2D eigenvalue weighted by molar-refractivity contribution is 6.01. The first-order chi connectivity index (χ1) is 12.2. The number of aromatic nitrogens is 1. The molecule has 3 rings (SSSR count). The van der Waals surface area contributed by atoms with Crippen LogP contribution in [-0.4, -0.2) is 22.1 Å². The molecule has 0 unspecified atom stereocenters. The third-order valence-corrected chi connectivity index (χ3v) is 3.80. The average Bonchev–Trinajstić information content (AvgIpc) is 2.58. The van der Waals surface area contributed by atoms with Gasteiger partial charge in [0, 0.05) is 0 Å². The number of fused-ring (bicyclic) bond motifs is 1. The smallest absolute Gasteiger partial charge is 0.422 e. The lowest BCUT2D eigenvalue weighted by molar-refractivity contribution is -0.193. The number of nitrogens with zero attached hydrogens (tertiary/aromatic N) is 3.